The largest absolute Gasteiger partial charge is 0.441 e. The Balaban J connectivity index is 2.22. The molecule has 0 unspecified atom stereocenters. The monoisotopic (exact) mass is 233 g/mol. The van der Waals surface area contributed by atoms with Crippen LogP contribution in [0.1, 0.15) is 5.56 Å². The van der Waals surface area contributed by atoms with Crippen LogP contribution >= 0.6 is 11.6 Å². The summed E-state index contributed by atoms with van der Waals surface area (Å²) in [5.74, 6) is 1.12. The van der Waals surface area contributed by atoms with Crippen molar-refractivity contribution in [2.75, 3.05) is 0 Å². The maximum atomic E-state index is 5.71. The van der Waals surface area contributed by atoms with Gasteiger partial charge in [-0.25, -0.2) is 9.50 Å². The highest BCUT2D eigenvalue weighted by molar-refractivity contribution is 6.28. The quantitative estimate of drug-likeness (QED) is 0.649. The van der Waals surface area contributed by atoms with Crippen molar-refractivity contribution in [2.24, 2.45) is 0 Å². The lowest BCUT2D eigenvalue weighted by atomic mass is 10.3. The number of aromatic nitrogens is 3. The van der Waals surface area contributed by atoms with Crippen molar-refractivity contribution in [1.29, 1.82) is 0 Å². The molecule has 0 bridgehead atoms. The molecule has 4 nitrogen and oxygen atoms in total. The minimum atomic E-state index is 0.338. The number of hydrogen-bond acceptors (Lipinski definition) is 3. The normalized spacial score (nSPS) is 11.1. The van der Waals surface area contributed by atoms with Crippen LogP contribution in [0.5, 0.6) is 0 Å². The second kappa shape index (κ2) is 3.35. The Morgan fingerprint density at radius 1 is 1.31 bits per heavy atom. The zero-order valence-corrected chi connectivity index (χ0v) is 9.27. The first kappa shape index (κ1) is 9.42. The van der Waals surface area contributed by atoms with Gasteiger partial charge in [0.05, 0.1) is 0 Å². The maximum Gasteiger partial charge on any atom is 0.217 e. The van der Waals surface area contributed by atoms with E-state index in [0.29, 0.717) is 16.8 Å². The Kier molecular flexibility index (Phi) is 1.97. The van der Waals surface area contributed by atoms with Gasteiger partial charge in [-0.15, -0.1) is 5.10 Å². The third-order valence-electron chi connectivity index (χ3n) is 2.35. The third-order valence-corrected chi connectivity index (χ3v) is 2.55. The number of furan rings is 1. The first-order valence-corrected chi connectivity index (χ1v) is 5.19. The molecule has 3 aromatic heterocycles. The lowest BCUT2D eigenvalue weighted by Crippen LogP contribution is -1.87. The van der Waals surface area contributed by atoms with Crippen LogP contribution in [-0.4, -0.2) is 14.6 Å². The van der Waals surface area contributed by atoms with Crippen molar-refractivity contribution in [3.05, 3.63) is 41.2 Å². The maximum absolute atomic E-state index is 5.71. The van der Waals surface area contributed by atoms with Gasteiger partial charge in [0.1, 0.15) is 0 Å². The molecule has 0 aliphatic carbocycles. The Hall–Kier alpha value is -1.81. The fraction of sp³-hybridized carbons (Fsp3) is 0.0909. The van der Waals surface area contributed by atoms with Gasteiger partial charge in [-0.2, -0.15) is 0 Å². The zero-order chi connectivity index (χ0) is 11.1. The van der Waals surface area contributed by atoms with Gasteiger partial charge in [0.15, 0.2) is 16.6 Å². The Bertz CT molecular complexity index is 656. The van der Waals surface area contributed by atoms with Crippen molar-refractivity contribution in [2.45, 2.75) is 6.92 Å². The molecule has 0 saturated heterocycles. The molecule has 0 N–H and O–H groups in total. The van der Waals surface area contributed by atoms with Crippen LogP contribution in [0.3, 0.4) is 0 Å². The third kappa shape index (κ3) is 1.39. The summed E-state index contributed by atoms with van der Waals surface area (Å²) in [6.45, 7) is 1.99. The highest BCUT2D eigenvalue weighted by Crippen LogP contribution is 2.22. The highest BCUT2D eigenvalue weighted by atomic mass is 35.5. The summed E-state index contributed by atoms with van der Waals surface area (Å²) in [4.78, 5) is 4.40. The summed E-state index contributed by atoms with van der Waals surface area (Å²) in [5.41, 5.74) is 1.89. The Morgan fingerprint density at radius 3 is 2.88 bits per heavy atom. The van der Waals surface area contributed by atoms with E-state index in [1.54, 1.807) is 16.6 Å². The van der Waals surface area contributed by atoms with Gasteiger partial charge < -0.3 is 4.42 Å². The van der Waals surface area contributed by atoms with Crippen LogP contribution in [0.4, 0.5) is 0 Å². The minimum Gasteiger partial charge on any atom is -0.441 e. The van der Waals surface area contributed by atoms with Gasteiger partial charge in [-0.1, -0.05) is 6.07 Å². The molecule has 80 valence electrons. The second-order valence-electron chi connectivity index (χ2n) is 3.50. The molecular formula is C11H8ClN3O. The number of fused-ring (bicyclic) bond motifs is 1. The van der Waals surface area contributed by atoms with Gasteiger partial charge in [0.2, 0.25) is 5.82 Å². The summed E-state index contributed by atoms with van der Waals surface area (Å²) in [5, 5.41) is 4.65. The van der Waals surface area contributed by atoms with E-state index in [4.69, 9.17) is 16.0 Å². The van der Waals surface area contributed by atoms with E-state index >= 15 is 0 Å². The molecule has 0 saturated carbocycles. The number of halogens is 1. The fourth-order valence-electron chi connectivity index (χ4n) is 1.58. The predicted molar refractivity (Wildman–Crippen MR) is 60.4 cm³/mol. The average Bonchev–Trinajstić information content (AvgIpc) is 2.84. The topological polar surface area (TPSA) is 43.3 Å². The van der Waals surface area contributed by atoms with Crippen LogP contribution in [-0.2, 0) is 0 Å². The van der Waals surface area contributed by atoms with E-state index in [-0.39, 0.29) is 0 Å². The van der Waals surface area contributed by atoms with Gasteiger partial charge in [-0.3, -0.25) is 0 Å². The first-order valence-electron chi connectivity index (χ1n) is 4.82. The first-order chi connectivity index (χ1) is 7.74. The number of rotatable bonds is 1. The predicted octanol–water partition coefficient (Wildman–Crippen LogP) is 2.95. The highest BCUT2D eigenvalue weighted by Gasteiger charge is 2.10. The number of aryl methyl sites for hydroxylation is 1. The summed E-state index contributed by atoms with van der Waals surface area (Å²) >= 11 is 5.71. The minimum absolute atomic E-state index is 0.338. The van der Waals surface area contributed by atoms with Crippen molar-refractivity contribution >= 4 is 17.2 Å². The van der Waals surface area contributed by atoms with E-state index in [1.807, 2.05) is 25.3 Å². The molecule has 3 heterocycles. The average molecular weight is 234 g/mol. The zero-order valence-electron chi connectivity index (χ0n) is 8.51. The molecular weight excluding hydrogens is 226 g/mol. The summed E-state index contributed by atoms with van der Waals surface area (Å²) in [6.07, 6.45) is 1.85. The second-order valence-corrected chi connectivity index (χ2v) is 3.87. The molecule has 0 aliphatic rings. The van der Waals surface area contributed by atoms with Crippen LogP contribution < -0.4 is 0 Å². The van der Waals surface area contributed by atoms with Crippen molar-refractivity contribution in [3.63, 3.8) is 0 Å². The smallest absolute Gasteiger partial charge is 0.217 e. The van der Waals surface area contributed by atoms with Gasteiger partial charge in [-0.05, 0) is 42.3 Å². The lowest BCUT2D eigenvalue weighted by molar-refractivity contribution is 0.579. The molecule has 0 radical (unpaired) electrons. The van der Waals surface area contributed by atoms with Gasteiger partial charge in [0.25, 0.3) is 0 Å². The number of nitrogens with zero attached hydrogens (tertiary/aromatic N) is 3. The van der Waals surface area contributed by atoms with E-state index in [9.17, 15) is 0 Å². The number of pyridine rings is 1. The van der Waals surface area contributed by atoms with Crippen molar-refractivity contribution < 1.29 is 4.42 Å². The molecule has 3 aromatic rings. The molecule has 0 aliphatic heterocycles. The van der Waals surface area contributed by atoms with E-state index in [2.05, 4.69) is 10.1 Å². The Morgan fingerprint density at radius 2 is 2.19 bits per heavy atom. The van der Waals surface area contributed by atoms with Crippen LogP contribution in [0.15, 0.2) is 34.9 Å². The molecule has 0 amide bonds. The standard InChI is InChI=1S/C11H8ClN3O/c1-7-3-2-6-15-11(7)13-10(14-15)8-4-5-9(12)16-8/h2-6H,1H3. The summed E-state index contributed by atoms with van der Waals surface area (Å²) in [7, 11) is 0. The van der Waals surface area contributed by atoms with Crippen molar-refractivity contribution in [1.82, 2.24) is 14.6 Å². The van der Waals surface area contributed by atoms with E-state index in [1.165, 1.54) is 0 Å². The summed E-state index contributed by atoms with van der Waals surface area (Å²) < 4.78 is 6.99. The van der Waals surface area contributed by atoms with Crippen LogP contribution in [0.2, 0.25) is 5.22 Å². The van der Waals surface area contributed by atoms with E-state index < -0.39 is 0 Å². The molecule has 16 heavy (non-hydrogen) atoms. The molecule has 0 spiro atoms. The molecule has 0 aromatic carbocycles. The Labute approximate surface area is 96.5 Å². The molecule has 0 fully saturated rings. The molecule has 5 heteroatoms. The fourth-order valence-corrected chi connectivity index (χ4v) is 1.72. The molecule has 3 rings (SSSR count). The number of hydrogen-bond donors (Lipinski definition) is 0. The lowest BCUT2D eigenvalue weighted by Gasteiger charge is -1.92. The SMILES string of the molecule is Cc1cccn2nc(-c3ccc(Cl)o3)nc12. The van der Waals surface area contributed by atoms with Crippen LogP contribution in [0.25, 0.3) is 17.2 Å². The molecule has 0 atom stereocenters. The van der Waals surface area contributed by atoms with Gasteiger partial charge >= 0.3 is 0 Å². The van der Waals surface area contributed by atoms with E-state index in [0.717, 1.165) is 11.2 Å². The van der Waals surface area contributed by atoms with Gasteiger partial charge in [0, 0.05) is 6.20 Å². The van der Waals surface area contributed by atoms with Crippen molar-refractivity contribution in [3.8, 4) is 11.6 Å². The summed E-state index contributed by atoms with van der Waals surface area (Å²) in [6, 6.07) is 7.35. The van der Waals surface area contributed by atoms with Crippen LogP contribution in [0, 0.1) is 6.92 Å².